The third-order valence-corrected chi connectivity index (χ3v) is 5.02. The Morgan fingerprint density at radius 1 is 1.35 bits per heavy atom. The summed E-state index contributed by atoms with van der Waals surface area (Å²) in [5.74, 6) is 0.983. The van der Waals surface area contributed by atoms with E-state index in [0.29, 0.717) is 6.54 Å². The van der Waals surface area contributed by atoms with Gasteiger partial charge in [-0.1, -0.05) is 12.1 Å². The second kappa shape index (κ2) is 7.10. The predicted octanol–water partition coefficient (Wildman–Crippen LogP) is 2.56. The lowest BCUT2D eigenvalue weighted by Crippen LogP contribution is -2.49. The second-order valence-electron chi connectivity index (χ2n) is 5.65. The number of hydrogen-bond donors (Lipinski definition) is 0. The lowest BCUT2D eigenvalue weighted by Gasteiger charge is -2.41. The highest BCUT2D eigenvalue weighted by molar-refractivity contribution is 7.09. The normalized spacial score (nSPS) is 18.9. The van der Waals surface area contributed by atoms with Gasteiger partial charge >= 0.3 is 0 Å². The molecule has 1 saturated heterocycles. The van der Waals surface area contributed by atoms with Crippen LogP contribution in [0.25, 0.3) is 0 Å². The van der Waals surface area contributed by atoms with Crippen LogP contribution < -0.4 is 4.74 Å². The summed E-state index contributed by atoms with van der Waals surface area (Å²) >= 11 is 1.67. The molecule has 3 rings (SSSR count). The SMILES string of the molecule is COc1ccc([C@H]2CN(C(C)=O)CCN2Cc2nccs2)cc1. The van der Waals surface area contributed by atoms with Crippen LogP contribution in [0.15, 0.2) is 35.8 Å². The Balaban J connectivity index is 1.82. The summed E-state index contributed by atoms with van der Waals surface area (Å²) in [6, 6.07) is 8.31. The van der Waals surface area contributed by atoms with E-state index >= 15 is 0 Å². The molecule has 1 aliphatic heterocycles. The van der Waals surface area contributed by atoms with Gasteiger partial charge in [-0.25, -0.2) is 4.98 Å². The van der Waals surface area contributed by atoms with Crippen LogP contribution in [-0.4, -0.2) is 47.4 Å². The number of nitrogens with zero attached hydrogens (tertiary/aromatic N) is 3. The quantitative estimate of drug-likeness (QED) is 0.864. The largest absolute Gasteiger partial charge is 0.497 e. The fourth-order valence-corrected chi connectivity index (χ4v) is 3.58. The summed E-state index contributed by atoms with van der Waals surface area (Å²) in [7, 11) is 1.67. The Hall–Kier alpha value is -1.92. The number of ether oxygens (including phenoxy) is 1. The van der Waals surface area contributed by atoms with Crippen LogP contribution in [-0.2, 0) is 11.3 Å². The number of piperazine rings is 1. The van der Waals surface area contributed by atoms with Crippen molar-refractivity contribution < 1.29 is 9.53 Å². The van der Waals surface area contributed by atoms with Crippen LogP contribution in [0.3, 0.4) is 0 Å². The van der Waals surface area contributed by atoms with E-state index in [9.17, 15) is 4.79 Å². The number of thiazole rings is 1. The molecule has 23 heavy (non-hydrogen) atoms. The van der Waals surface area contributed by atoms with Crippen molar-refractivity contribution in [2.24, 2.45) is 0 Å². The van der Waals surface area contributed by atoms with Crippen molar-refractivity contribution in [3.8, 4) is 5.75 Å². The van der Waals surface area contributed by atoms with Gasteiger partial charge in [-0.15, -0.1) is 11.3 Å². The molecule has 122 valence electrons. The van der Waals surface area contributed by atoms with E-state index < -0.39 is 0 Å². The highest BCUT2D eigenvalue weighted by atomic mass is 32.1. The van der Waals surface area contributed by atoms with Gasteiger partial charge in [-0.05, 0) is 17.7 Å². The van der Waals surface area contributed by atoms with Crippen LogP contribution in [0.5, 0.6) is 5.75 Å². The number of rotatable bonds is 4. The molecule has 0 aliphatic carbocycles. The molecule has 0 N–H and O–H groups in total. The zero-order valence-corrected chi connectivity index (χ0v) is 14.3. The van der Waals surface area contributed by atoms with Gasteiger partial charge in [-0.2, -0.15) is 0 Å². The molecule has 2 heterocycles. The first-order chi connectivity index (χ1) is 11.2. The number of carbonyl (C=O) groups is 1. The molecular weight excluding hydrogens is 310 g/mol. The number of carbonyl (C=O) groups excluding carboxylic acids is 1. The first kappa shape index (κ1) is 16.0. The molecule has 0 radical (unpaired) electrons. The number of benzene rings is 1. The van der Waals surface area contributed by atoms with Crippen molar-refractivity contribution >= 4 is 17.2 Å². The maximum absolute atomic E-state index is 11.8. The van der Waals surface area contributed by atoms with E-state index in [1.54, 1.807) is 25.4 Å². The summed E-state index contributed by atoms with van der Waals surface area (Å²) in [6.45, 7) is 4.80. The Kier molecular flexibility index (Phi) is 4.93. The van der Waals surface area contributed by atoms with Crippen molar-refractivity contribution in [1.29, 1.82) is 0 Å². The van der Waals surface area contributed by atoms with E-state index in [1.165, 1.54) is 5.56 Å². The van der Waals surface area contributed by atoms with Crippen molar-refractivity contribution in [2.75, 3.05) is 26.7 Å². The summed E-state index contributed by atoms with van der Waals surface area (Å²) < 4.78 is 5.24. The third-order valence-electron chi connectivity index (χ3n) is 4.26. The monoisotopic (exact) mass is 331 g/mol. The van der Waals surface area contributed by atoms with E-state index in [4.69, 9.17) is 4.74 Å². The zero-order valence-electron chi connectivity index (χ0n) is 13.4. The number of amides is 1. The van der Waals surface area contributed by atoms with E-state index in [2.05, 4.69) is 22.0 Å². The van der Waals surface area contributed by atoms with Crippen molar-refractivity contribution in [2.45, 2.75) is 19.5 Å². The first-order valence-corrected chi connectivity index (χ1v) is 8.57. The van der Waals surface area contributed by atoms with Gasteiger partial charge < -0.3 is 9.64 Å². The van der Waals surface area contributed by atoms with Gasteiger partial charge in [0.2, 0.25) is 5.91 Å². The molecule has 0 saturated carbocycles. The van der Waals surface area contributed by atoms with Crippen LogP contribution in [0.4, 0.5) is 0 Å². The Morgan fingerprint density at radius 2 is 2.13 bits per heavy atom. The van der Waals surface area contributed by atoms with Gasteiger partial charge in [0.1, 0.15) is 10.8 Å². The predicted molar refractivity (Wildman–Crippen MR) is 90.5 cm³/mol. The summed E-state index contributed by atoms with van der Waals surface area (Å²) in [5.41, 5.74) is 1.20. The van der Waals surface area contributed by atoms with Gasteiger partial charge in [0.15, 0.2) is 0 Å². The van der Waals surface area contributed by atoms with Crippen molar-refractivity contribution in [3.63, 3.8) is 0 Å². The van der Waals surface area contributed by atoms with Crippen molar-refractivity contribution in [3.05, 3.63) is 46.4 Å². The molecule has 0 bridgehead atoms. The van der Waals surface area contributed by atoms with Gasteiger partial charge in [0.05, 0.1) is 19.7 Å². The second-order valence-corrected chi connectivity index (χ2v) is 6.63. The summed E-state index contributed by atoms with van der Waals surface area (Å²) in [6.07, 6.45) is 1.84. The van der Waals surface area contributed by atoms with Crippen LogP contribution in [0.1, 0.15) is 23.5 Å². The fraction of sp³-hybridized carbons (Fsp3) is 0.412. The Labute approximate surface area is 140 Å². The zero-order chi connectivity index (χ0) is 16.2. The first-order valence-electron chi connectivity index (χ1n) is 7.69. The molecule has 1 atom stereocenters. The average Bonchev–Trinajstić information content (AvgIpc) is 3.08. The molecule has 0 spiro atoms. The summed E-state index contributed by atoms with van der Waals surface area (Å²) in [4.78, 5) is 20.5. The van der Waals surface area contributed by atoms with Gasteiger partial charge in [0.25, 0.3) is 0 Å². The van der Waals surface area contributed by atoms with Crippen LogP contribution >= 0.6 is 11.3 Å². The Morgan fingerprint density at radius 3 is 2.74 bits per heavy atom. The molecule has 2 aromatic rings. The summed E-state index contributed by atoms with van der Waals surface area (Å²) in [5, 5.41) is 3.11. The lowest BCUT2D eigenvalue weighted by atomic mass is 10.0. The molecule has 5 nitrogen and oxygen atoms in total. The topological polar surface area (TPSA) is 45.7 Å². The molecule has 0 unspecified atom stereocenters. The number of methoxy groups -OCH3 is 1. The third kappa shape index (κ3) is 3.71. The Bertz CT molecular complexity index is 642. The van der Waals surface area contributed by atoms with Crippen LogP contribution in [0, 0.1) is 0 Å². The smallest absolute Gasteiger partial charge is 0.219 e. The maximum Gasteiger partial charge on any atom is 0.219 e. The van der Waals surface area contributed by atoms with E-state index in [1.807, 2.05) is 28.6 Å². The molecular formula is C17H21N3O2S. The molecule has 1 aliphatic rings. The minimum absolute atomic E-state index is 0.136. The van der Waals surface area contributed by atoms with Crippen molar-refractivity contribution in [1.82, 2.24) is 14.8 Å². The molecule has 1 aromatic carbocycles. The maximum atomic E-state index is 11.8. The number of hydrogen-bond acceptors (Lipinski definition) is 5. The minimum atomic E-state index is 0.136. The minimum Gasteiger partial charge on any atom is -0.497 e. The lowest BCUT2D eigenvalue weighted by molar-refractivity contribution is -0.132. The van der Waals surface area contributed by atoms with Gasteiger partial charge in [-0.3, -0.25) is 9.69 Å². The molecule has 1 amide bonds. The van der Waals surface area contributed by atoms with Crippen LogP contribution in [0.2, 0.25) is 0 Å². The number of aromatic nitrogens is 1. The highest BCUT2D eigenvalue weighted by Gasteiger charge is 2.29. The highest BCUT2D eigenvalue weighted by Crippen LogP contribution is 2.28. The average molecular weight is 331 g/mol. The molecule has 6 heteroatoms. The fourth-order valence-electron chi connectivity index (χ4n) is 2.94. The molecule has 1 fully saturated rings. The van der Waals surface area contributed by atoms with Gasteiger partial charge in [0, 0.05) is 38.1 Å². The van der Waals surface area contributed by atoms with E-state index in [-0.39, 0.29) is 11.9 Å². The molecule has 1 aromatic heterocycles. The standard InChI is InChI=1S/C17H21N3O2S/c1-13(21)19-8-9-20(12-17-18-7-10-23-17)16(11-19)14-3-5-15(22-2)6-4-14/h3-7,10,16H,8-9,11-12H2,1-2H3/t16-/m1/s1. The van der Waals surface area contributed by atoms with E-state index in [0.717, 1.165) is 30.4 Å².